The second kappa shape index (κ2) is 10.9. The number of hydrogen-bond acceptors (Lipinski definition) is 11. The molecule has 1 aliphatic heterocycles. The zero-order chi connectivity index (χ0) is 28.8. The fourth-order valence-corrected chi connectivity index (χ4v) is 6.80. The van der Waals surface area contributed by atoms with E-state index in [4.69, 9.17) is 14.2 Å². The highest BCUT2D eigenvalue weighted by Gasteiger charge is 2.70. The minimum Gasteiger partial charge on any atom is -0.743 e. The van der Waals surface area contributed by atoms with E-state index in [2.05, 4.69) is 4.74 Å². The number of carbonyl (C=O) groups excluding carboxylic acids is 4. The topological polar surface area (TPSA) is 162 Å². The monoisotopic (exact) mass is 583 g/mol. The molecule has 0 amide bonds. The van der Waals surface area contributed by atoms with Gasteiger partial charge in [0.2, 0.25) is 0 Å². The van der Waals surface area contributed by atoms with E-state index in [1.165, 1.54) is 0 Å². The number of hydrogen-bond donors (Lipinski definition) is 0. The lowest BCUT2D eigenvalue weighted by Crippen LogP contribution is -2.45. The highest BCUT2D eigenvalue weighted by atomic mass is 32.2. The summed E-state index contributed by atoms with van der Waals surface area (Å²) in [6.07, 6.45) is -2.80. The summed E-state index contributed by atoms with van der Waals surface area (Å²) < 4.78 is 92.4. The van der Waals surface area contributed by atoms with Crippen LogP contribution in [0.4, 0.5) is 13.2 Å². The number of alkyl halides is 3. The van der Waals surface area contributed by atoms with Crippen molar-refractivity contribution in [2.24, 2.45) is 23.7 Å². The number of rotatable bonds is 12. The molecule has 1 heterocycles. The third-order valence-electron chi connectivity index (χ3n) is 8.42. The molecule has 220 valence electrons. The lowest BCUT2D eigenvalue weighted by atomic mass is 9.79. The molecule has 11 nitrogen and oxygen atoms in total. The van der Waals surface area contributed by atoms with Crippen molar-refractivity contribution in [3.05, 3.63) is 0 Å². The van der Waals surface area contributed by atoms with Gasteiger partial charge in [0, 0.05) is 18.3 Å². The molecule has 4 aliphatic rings. The van der Waals surface area contributed by atoms with E-state index in [0.717, 1.165) is 25.7 Å². The van der Waals surface area contributed by atoms with Crippen LogP contribution in [0.15, 0.2) is 0 Å². The molecule has 39 heavy (non-hydrogen) atoms. The van der Waals surface area contributed by atoms with Crippen molar-refractivity contribution in [1.29, 1.82) is 0 Å². The first kappa shape index (κ1) is 29.6. The molecule has 15 heteroatoms. The van der Waals surface area contributed by atoms with Crippen LogP contribution in [0.2, 0.25) is 0 Å². The van der Waals surface area contributed by atoms with E-state index in [1.807, 2.05) is 6.92 Å². The Kier molecular flexibility index (Phi) is 8.23. The third kappa shape index (κ3) is 5.61. The Bertz CT molecular complexity index is 1100. The number of fused-ring (bicyclic) bond motifs is 1. The summed E-state index contributed by atoms with van der Waals surface area (Å²) in [5.74, 6) is -5.28. The first-order valence-electron chi connectivity index (χ1n) is 13.0. The Hall–Kier alpha value is -2.42. The van der Waals surface area contributed by atoms with E-state index in [1.54, 1.807) is 0 Å². The highest BCUT2D eigenvalue weighted by molar-refractivity contribution is 7.86. The lowest BCUT2D eigenvalue weighted by molar-refractivity contribution is -0.176. The standard InChI is InChI=1S/C24H31F3O11S/c1-2-23(8-3-4-9-23)38-22(31)18-13-11-12-17(21(30)37-20(12)18)19(13)36-16(29)6-5-15(28)35-10-7-14(25)24(26,27)39(32,33)34/h12-14,17-20H,2-11H2,1H3,(H,32,33,34)/p-1. The largest absolute Gasteiger partial charge is 0.743 e. The fraction of sp³-hybridized carbons (Fsp3) is 0.833. The molecule has 0 aromatic rings. The Morgan fingerprint density at radius 3 is 2.41 bits per heavy atom. The molecule has 4 fully saturated rings. The van der Waals surface area contributed by atoms with Gasteiger partial charge in [-0.3, -0.25) is 19.2 Å². The van der Waals surface area contributed by atoms with Crippen LogP contribution in [0, 0.1) is 23.7 Å². The minimum atomic E-state index is -6.24. The van der Waals surface area contributed by atoms with Crippen LogP contribution < -0.4 is 0 Å². The summed E-state index contributed by atoms with van der Waals surface area (Å²) in [6, 6.07) is 0. The average Bonchev–Trinajstić information content (AvgIpc) is 3.60. The van der Waals surface area contributed by atoms with E-state index >= 15 is 0 Å². The normalized spacial score (nSPS) is 31.6. The predicted octanol–water partition coefficient (Wildman–Crippen LogP) is 2.16. The second-order valence-electron chi connectivity index (χ2n) is 10.6. The predicted molar refractivity (Wildman–Crippen MR) is 120 cm³/mol. The zero-order valence-corrected chi connectivity index (χ0v) is 22.0. The van der Waals surface area contributed by atoms with Crippen molar-refractivity contribution in [3.8, 4) is 0 Å². The van der Waals surface area contributed by atoms with Crippen LogP contribution in [0.25, 0.3) is 0 Å². The molecule has 0 N–H and O–H groups in total. The van der Waals surface area contributed by atoms with E-state index in [0.29, 0.717) is 12.8 Å². The molecule has 7 atom stereocenters. The number of halogens is 3. The molecular weight excluding hydrogens is 553 g/mol. The van der Waals surface area contributed by atoms with Crippen molar-refractivity contribution in [1.82, 2.24) is 0 Å². The Morgan fingerprint density at radius 2 is 1.79 bits per heavy atom. The molecule has 3 aliphatic carbocycles. The van der Waals surface area contributed by atoms with Crippen LogP contribution in [0.3, 0.4) is 0 Å². The Balaban J connectivity index is 1.28. The summed E-state index contributed by atoms with van der Waals surface area (Å²) in [6.45, 7) is 0.994. The maximum absolute atomic E-state index is 13.4. The molecule has 1 saturated heterocycles. The lowest BCUT2D eigenvalue weighted by Gasteiger charge is -2.34. The van der Waals surface area contributed by atoms with Gasteiger partial charge in [0.15, 0.2) is 16.3 Å². The maximum atomic E-state index is 13.4. The molecule has 2 bridgehead atoms. The van der Waals surface area contributed by atoms with Crippen LogP contribution >= 0.6 is 0 Å². The highest BCUT2D eigenvalue weighted by Crippen LogP contribution is 2.59. The van der Waals surface area contributed by atoms with E-state index in [-0.39, 0.29) is 5.92 Å². The van der Waals surface area contributed by atoms with Gasteiger partial charge in [0.25, 0.3) is 0 Å². The first-order chi connectivity index (χ1) is 18.2. The number of ether oxygens (including phenoxy) is 4. The molecule has 0 radical (unpaired) electrons. The summed E-state index contributed by atoms with van der Waals surface area (Å²) in [7, 11) is -6.24. The van der Waals surface area contributed by atoms with Gasteiger partial charge in [-0.25, -0.2) is 12.8 Å². The number of esters is 4. The van der Waals surface area contributed by atoms with Gasteiger partial charge >= 0.3 is 29.1 Å². The molecule has 3 saturated carbocycles. The number of carbonyl (C=O) groups is 4. The van der Waals surface area contributed by atoms with E-state index in [9.17, 15) is 45.3 Å². The SMILES string of the molecule is CCC1(OC(=O)C2C3CC4C2OC(=O)C4C3OC(=O)CCC(=O)OCCC(F)C(F)(F)S(=O)(=O)[O-])CCCC1. The van der Waals surface area contributed by atoms with E-state index < -0.39 is 107 Å². The van der Waals surface area contributed by atoms with Crippen molar-refractivity contribution in [2.45, 2.75) is 93.9 Å². The van der Waals surface area contributed by atoms with Crippen LogP contribution in [-0.4, -0.2) is 72.7 Å². The van der Waals surface area contributed by atoms with Crippen molar-refractivity contribution < 1.29 is 64.3 Å². The van der Waals surface area contributed by atoms with Gasteiger partial charge in [-0.15, -0.1) is 0 Å². The molecule has 7 unspecified atom stereocenters. The van der Waals surface area contributed by atoms with Gasteiger partial charge in [0.05, 0.1) is 19.4 Å². The quantitative estimate of drug-likeness (QED) is 0.188. The van der Waals surface area contributed by atoms with Crippen LogP contribution in [0.1, 0.15) is 64.7 Å². The van der Waals surface area contributed by atoms with Gasteiger partial charge < -0.3 is 23.5 Å². The fourth-order valence-electron chi connectivity index (χ4n) is 6.37. The van der Waals surface area contributed by atoms with Crippen molar-refractivity contribution >= 4 is 34.0 Å². The zero-order valence-electron chi connectivity index (χ0n) is 21.1. The molecule has 0 aromatic heterocycles. The smallest absolute Gasteiger partial charge is 0.364 e. The van der Waals surface area contributed by atoms with Crippen molar-refractivity contribution in [2.75, 3.05) is 6.61 Å². The summed E-state index contributed by atoms with van der Waals surface area (Å²) in [4.78, 5) is 50.0. The Morgan fingerprint density at radius 1 is 1.15 bits per heavy atom. The summed E-state index contributed by atoms with van der Waals surface area (Å²) >= 11 is 0. The molecule has 0 aromatic carbocycles. The summed E-state index contributed by atoms with van der Waals surface area (Å²) in [5.41, 5.74) is -0.547. The van der Waals surface area contributed by atoms with Crippen LogP contribution in [0.5, 0.6) is 0 Å². The molecule has 0 spiro atoms. The van der Waals surface area contributed by atoms with Crippen molar-refractivity contribution in [3.63, 3.8) is 0 Å². The third-order valence-corrected chi connectivity index (χ3v) is 9.35. The maximum Gasteiger partial charge on any atom is 0.364 e. The van der Waals surface area contributed by atoms with Gasteiger partial charge in [-0.1, -0.05) is 6.92 Å². The second-order valence-corrected chi connectivity index (χ2v) is 12.1. The first-order valence-corrected chi connectivity index (χ1v) is 14.4. The van der Waals surface area contributed by atoms with Gasteiger partial charge in [0.1, 0.15) is 29.6 Å². The summed E-state index contributed by atoms with van der Waals surface area (Å²) in [5, 5.41) is -5.18. The Labute approximate surface area is 222 Å². The van der Waals surface area contributed by atoms with Gasteiger partial charge in [-0.2, -0.15) is 8.78 Å². The molecular formula is C24H30F3O11S-. The average molecular weight is 584 g/mol. The van der Waals surface area contributed by atoms with Crippen LogP contribution in [-0.2, 0) is 48.2 Å². The minimum absolute atomic E-state index is 0.298. The molecule has 4 rings (SSSR count). The van der Waals surface area contributed by atoms with Gasteiger partial charge in [-0.05, 0) is 38.5 Å².